The van der Waals surface area contributed by atoms with Crippen LogP contribution < -0.4 is 20.7 Å². The SMILES string of the molecule is CC(C)OC(=O)NC12CCC(c3ncc(-c4ccc(NC(=O)N[C@@H](C)c5ccccc5)cc4S(=O)(=O)NC(C)(C)C)s3)(CC1)CC2.S. The molecular formula is C34H47N5O5S3. The number of thiazole rings is 1. The van der Waals surface area contributed by atoms with Gasteiger partial charge in [-0.15, -0.1) is 11.3 Å². The minimum Gasteiger partial charge on any atom is -0.447 e. The number of ether oxygens (including phenoxy) is 1. The van der Waals surface area contributed by atoms with E-state index < -0.39 is 21.6 Å². The van der Waals surface area contributed by atoms with Crippen molar-refractivity contribution in [2.75, 3.05) is 5.32 Å². The highest BCUT2D eigenvalue weighted by molar-refractivity contribution is 7.89. The van der Waals surface area contributed by atoms with E-state index in [4.69, 9.17) is 9.72 Å². The number of rotatable bonds is 9. The Labute approximate surface area is 289 Å². The number of carbonyl (C=O) groups excluding carboxylic acids is 2. The molecule has 3 fully saturated rings. The third-order valence-electron chi connectivity index (χ3n) is 8.80. The summed E-state index contributed by atoms with van der Waals surface area (Å²) >= 11 is 1.52. The van der Waals surface area contributed by atoms with E-state index in [1.54, 1.807) is 39.1 Å². The van der Waals surface area contributed by atoms with E-state index in [2.05, 4.69) is 20.7 Å². The van der Waals surface area contributed by atoms with Crippen LogP contribution in [0.25, 0.3) is 10.4 Å². The van der Waals surface area contributed by atoms with E-state index in [9.17, 15) is 18.0 Å². The molecule has 0 radical (unpaired) electrons. The summed E-state index contributed by atoms with van der Waals surface area (Å²) in [6.07, 6.45) is 6.42. The van der Waals surface area contributed by atoms with Crippen molar-refractivity contribution in [2.24, 2.45) is 0 Å². The number of hydrogen-bond acceptors (Lipinski definition) is 7. The van der Waals surface area contributed by atoms with Gasteiger partial charge in [-0.25, -0.2) is 27.7 Å². The molecule has 1 aromatic heterocycles. The van der Waals surface area contributed by atoms with Crippen LogP contribution in [0.3, 0.4) is 0 Å². The minimum absolute atomic E-state index is 0. The van der Waals surface area contributed by atoms with Crippen LogP contribution in [0, 0.1) is 0 Å². The Kier molecular flexibility index (Phi) is 11.1. The van der Waals surface area contributed by atoms with E-state index in [0.29, 0.717) is 11.3 Å². The second kappa shape index (κ2) is 14.2. The number of urea groups is 1. The first kappa shape index (κ1) is 36.7. The van der Waals surface area contributed by atoms with Gasteiger partial charge in [0.15, 0.2) is 0 Å². The summed E-state index contributed by atoms with van der Waals surface area (Å²) in [5, 5.41) is 9.85. The smallest absolute Gasteiger partial charge is 0.407 e. The zero-order chi connectivity index (χ0) is 33.3. The van der Waals surface area contributed by atoms with Crippen LogP contribution in [0.1, 0.15) is 96.7 Å². The summed E-state index contributed by atoms with van der Waals surface area (Å²) in [4.78, 5) is 30.9. The van der Waals surface area contributed by atoms with Crippen LogP contribution in [-0.2, 0) is 20.2 Å². The van der Waals surface area contributed by atoms with Gasteiger partial charge in [-0.2, -0.15) is 13.5 Å². The molecule has 0 spiro atoms. The van der Waals surface area contributed by atoms with Crippen molar-refractivity contribution >= 4 is 52.7 Å². The van der Waals surface area contributed by atoms with Gasteiger partial charge in [-0.3, -0.25) is 0 Å². The van der Waals surface area contributed by atoms with E-state index in [-0.39, 0.29) is 47.6 Å². The molecule has 2 bridgehead atoms. The Morgan fingerprint density at radius 2 is 1.60 bits per heavy atom. The Hall–Kier alpha value is -3.13. The number of benzene rings is 2. The molecular weight excluding hydrogens is 655 g/mol. The van der Waals surface area contributed by atoms with Crippen LogP contribution in [0.5, 0.6) is 0 Å². The lowest BCUT2D eigenvalue weighted by Gasteiger charge is -2.52. The number of sulfonamides is 1. The maximum Gasteiger partial charge on any atom is 0.407 e. The van der Waals surface area contributed by atoms with Crippen molar-refractivity contribution in [1.82, 2.24) is 20.3 Å². The molecule has 47 heavy (non-hydrogen) atoms. The highest BCUT2D eigenvalue weighted by Crippen LogP contribution is 2.55. The molecule has 6 rings (SSSR count). The van der Waals surface area contributed by atoms with Crippen molar-refractivity contribution in [3.63, 3.8) is 0 Å². The molecule has 1 atom stereocenters. The lowest BCUT2D eigenvalue weighted by molar-refractivity contribution is 0.0560. The second-order valence-electron chi connectivity index (χ2n) is 14.0. The number of hydrogen-bond donors (Lipinski definition) is 4. The number of anilines is 1. The zero-order valence-electron chi connectivity index (χ0n) is 27.9. The van der Waals surface area contributed by atoms with Gasteiger partial charge in [0, 0.05) is 33.9 Å². The molecule has 13 heteroatoms. The van der Waals surface area contributed by atoms with Crippen molar-refractivity contribution in [3.05, 3.63) is 65.3 Å². The first-order chi connectivity index (χ1) is 21.6. The van der Waals surface area contributed by atoms with Gasteiger partial charge >= 0.3 is 12.1 Å². The standard InChI is InChI=1S/C34H45N5O5S2.H2S/c1-22(2)44-31(41)38-34-17-14-33(15-18-34,16-19-34)29-35-21-27(45-29)26-13-12-25(20-28(26)46(42,43)39-32(4,5)6)37-30(40)36-23(3)24-10-8-7-9-11-24;/h7-13,20-23,39H,14-19H2,1-6H3,(H,38,41)(H2,36,37,40);1H2/t23-,33?,34?;/m0./s1. The van der Waals surface area contributed by atoms with E-state index in [0.717, 1.165) is 54.0 Å². The summed E-state index contributed by atoms with van der Waals surface area (Å²) in [6, 6.07) is 13.9. The highest BCUT2D eigenvalue weighted by Gasteiger charge is 2.51. The number of alkyl carbamates (subject to hydrolysis) is 1. The van der Waals surface area contributed by atoms with Crippen LogP contribution in [0.2, 0.25) is 0 Å². The average molecular weight is 702 g/mol. The molecule has 0 saturated heterocycles. The molecule has 256 valence electrons. The maximum atomic E-state index is 13.8. The Morgan fingerprint density at radius 3 is 2.19 bits per heavy atom. The molecule has 3 saturated carbocycles. The van der Waals surface area contributed by atoms with Gasteiger partial charge in [0.2, 0.25) is 10.0 Å². The van der Waals surface area contributed by atoms with E-state index in [1.807, 2.05) is 51.1 Å². The zero-order valence-corrected chi connectivity index (χ0v) is 30.5. The van der Waals surface area contributed by atoms with E-state index in [1.165, 1.54) is 17.4 Å². The monoisotopic (exact) mass is 701 g/mol. The largest absolute Gasteiger partial charge is 0.447 e. The molecule has 3 amide bonds. The van der Waals surface area contributed by atoms with Crippen molar-refractivity contribution in [2.45, 2.75) is 114 Å². The average Bonchev–Trinajstić information content (AvgIpc) is 3.48. The summed E-state index contributed by atoms with van der Waals surface area (Å²) in [5.74, 6) is 0. The van der Waals surface area contributed by atoms with Gasteiger partial charge in [0.1, 0.15) is 0 Å². The highest BCUT2D eigenvalue weighted by atomic mass is 32.2. The first-order valence-electron chi connectivity index (χ1n) is 15.8. The Morgan fingerprint density at radius 1 is 0.957 bits per heavy atom. The molecule has 0 aliphatic heterocycles. The molecule has 3 aliphatic rings. The lowest BCUT2D eigenvalue weighted by atomic mass is 9.57. The van der Waals surface area contributed by atoms with Gasteiger partial charge in [0.25, 0.3) is 0 Å². The summed E-state index contributed by atoms with van der Waals surface area (Å²) in [6.45, 7) is 10.9. The van der Waals surface area contributed by atoms with E-state index >= 15 is 0 Å². The van der Waals surface area contributed by atoms with Crippen molar-refractivity contribution < 1.29 is 22.7 Å². The third-order valence-corrected chi connectivity index (χ3v) is 11.9. The number of carbonyl (C=O) groups is 2. The predicted octanol–water partition coefficient (Wildman–Crippen LogP) is 7.36. The molecule has 2 aromatic carbocycles. The van der Waals surface area contributed by atoms with Crippen LogP contribution >= 0.6 is 24.8 Å². The molecule has 4 N–H and O–H groups in total. The second-order valence-corrected chi connectivity index (χ2v) is 16.6. The maximum absolute atomic E-state index is 13.8. The molecule has 0 unspecified atom stereocenters. The van der Waals surface area contributed by atoms with Crippen molar-refractivity contribution in [3.8, 4) is 10.4 Å². The predicted molar refractivity (Wildman–Crippen MR) is 192 cm³/mol. The van der Waals surface area contributed by atoms with Gasteiger partial charge in [-0.05, 0) is 97.8 Å². The number of fused-ring (bicyclic) bond motifs is 3. The molecule has 3 aromatic rings. The molecule has 10 nitrogen and oxygen atoms in total. The van der Waals surface area contributed by atoms with Gasteiger partial charge < -0.3 is 20.7 Å². The van der Waals surface area contributed by atoms with Crippen LogP contribution in [0.15, 0.2) is 59.6 Å². The van der Waals surface area contributed by atoms with Crippen LogP contribution in [-0.4, -0.2) is 42.7 Å². The minimum atomic E-state index is -3.97. The molecule has 3 aliphatic carbocycles. The van der Waals surface area contributed by atoms with Crippen LogP contribution in [0.4, 0.5) is 15.3 Å². The Balaban J connectivity index is 0.00000500. The number of aromatic nitrogens is 1. The Bertz CT molecular complexity index is 1660. The fraction of sp³-hybridized carbons (Fsp3) is 0.500. The topological polar surface area (TPSA) is 139 Å². The fourth-order valence-corrected chi connectivity index (χ4v) is 9.43. The summed E-state index contributed by atoms with van der Waals surface area (Å²) in [5.41, 5.74) is 0.774. The number of nitrogens with one attached hydrogen (secondary N) is 4. The normalized spacial score (nSPS) is 21.4. The third kappa shape index (κ3) is 8.67. The quantitative estimate of drug-likeness (QED) is 0.184. The first-order valence-corrected chi connectivity index (χ1v) is 18.1. The van der Waals surface area contributed by atoms with Gasteiger partial charge in [-0.1, -0.05) is 36.4 Å². The number of amides is 3. The number of nitrogens with zero attached hydrogens (tertiary/aromatic N) is 1. The fourth-order valence-electron chi connectivity index (χ4n) is 6.47. The van der Waals surface area contributed by atoms with Gasteiger partial charge in [0.05, 0.1) is 26.9 Å². The summed E-state index contributed by atoms with van der Waals surface area (Å²) in [7, 11) is -3.97. The summed E-state index contributed by atoms with van der Waals surface area (Å²) < 4.78 is 35.7. The molecule has 1 heterocycles. The lowest BCUT2D eigenvalue weighted by Crippen LogP contribution is -2.58. The van der Waals surface area contributed by atoms with Crippen molar-refractivity contribution in [1.29, 1.82) is 0 Å².